The number of rotatable bonds is 5. The summed E-state index contributed by atoms with van der Waals surface area (Å²) in [5.41, 5.74) is 2.27. The van der Waals surface area contributed by atoms with Crippen molar-refractivity contribution < 1.29 is 18.0 Å². The van der Waals surface area contributed by atoms with E-state index in [9.17, 15) is 18.0 Å². The van der Waals surface area contributed by atoms with E-state index in [1.807, 2.05) is 24.3 Å². The summed E-state index contributed by atoms with van der Waals surface area (Å²) in [5.74, 6) is -0.485. The van der Waals surface area contributed by atoms with Gasteiger partial charge in [0, 0.05) is 36.7 Å². The quantitative estimate of drug-likeness (QED) is 0.582. The Hall–Kier alpha value is -3.17. The van der Waals surface area contributed by atoms with Crippen LogP contribution in [0, 0.1) is 5.92 Å². The van der Waals surface area contributed by atoms with Crippen LogP contribution in [-0.4, -0.2) is 43.2 Å². The van der Waals surface area contributed by atoms with Crippen LogP contribution in [0.25, 0.3) is 10.9 Å². The summed E-state index contributed by atoms with van der Waals surface area (Å²) in [6.45, 7) is 1.01. The van der Waals surface area contributed by atoms with Gasteiger partial charge in [0.15, 0.2) is 0 Å². The highest BCUT2D eigenvalue weighted by Crippen LogP contribution is 2.24. The van der Waals surface area contributed by atoms with Gasteiger partial charge in [0.2, 0.25) is 15.9 Å². The van der Waals surface area contributed by atoms with E-state index in [1.165, 1.54) is 12.1 Å². The number of nitrogens with two attached hydrogens (primary N) is 1. The van der Waals surface area contributed by atoms with Crippen LogP contribution in [0.3, 0.4) is 0 Å². The van der Waals surface area contributed by atoms with Gasteiger partial charge in [-0.2, -0.15) is 0 Å². The zero-order chi connectivity index (χ0) is 20.6. The zero-order valence-corrected chi connectivity index (χ0v) is 16.3. The molecule has 0 unspecified atom stereocenters. The van der Waals surface area contributed by atoms with Crippen molar-refractivity contribution in [1.29, 1.82) is 0 Å². The summed E-state index contributed by atoms with van der Waals surface area (Å²) in [4.78, 5) is 29.8. The van der Waals surface area contributed by atoms with Crippen LogP contribution in [0.2, 0.25) is 0 Å². The predicted molar refractivity (Wildman–Crippen MR) is 107 cm³/mol. The van der Waals surface area contributed by atoms with E-state index in [0.717, 1.165) is 16.5 Å². The molecule has 0 spiro atoms. The van der Waals surface area contributed by atoms with Crippen molar-refractivity contribution >= 4 is 32.7 Å². The van der Waals surface area contributed by atoms with E-state index >= 15 is 0 Å². The van der Waals surface area contributed by atoms with Crippen molar-refractivity contribution in [2.45, 2.75) is 11.4 Å². The maximum atomic E-state index is 12.7. The number of hydrogen-bond acceptors (Lipinski definition) is 4. The fourth-order valence-electron chi connectivity index (χ4n) is 3.36. The molecule has 3 aromatic rings. The number of nitrogens with zero attached hydrogens (tertiary/aromatic N) is 1. The first kappa shape index (κ1) is 19.2. The molecule has 4 rings (SSSR count). The highest BCUT2D eigenvalue weighted by molar-refractivity contribution is 7.89. The Morgan fingerprint density at radius 3 is 2.48 bits per heavy atom. The normalized spacial score (nSPS) is 14.6. The molecule has 9 heteroatoms. The number of aromatic nitrogens is 1. The number of benzene rings is 2. The van der Waals surface area contributed by atoms with Gasteiger partial charge in [0.05, 0.1) is 16.4 Å². The number of carbonyl (C=O) groups is 2. The Balaban J connectivity index is 1.30. The molecule has 0 aliphatic carbocycles. The van der Waals surface area contributed by atoms with Crippen molar-refractivity contribution in [3.63, 3.8) is 0 Å². The number of amides is 2. The van der Waals surface area contributed by atoms with E-state index < -0.39 is 10.0 Å². The average Bonchev–Trinajstić information content (AvgIpc) is 3.09. The molecule has 2 aromatic carbocycles. The molecule has 2 amide bonds. The number of hydrogen-bond donors (Lipinski definition) is 3. The van der Waals surface area contributed by atoms with Crippen molar-refractivity contribution in [3.05, 3.63) is 65.9 Å². The summed E-state index contributed by atoms with van der Waals surface area (Å²) < 4.78 is 22.5. The first-order valence-corrected chi connectivity index (χ1v) is 10.6. The van der Waals surface area contributed by atoms with Gasteiger partial charge in [-0.15, -0.1) is 0 Å². The Labute approximate surface area is 167 Å². The fourth-order valence-corrected chi connectivity index (χ4v) is 3.87. The van der Waals surface area contributed by atoms with Crippen LogP contribution in [0.4, 0.5) is 0 Å². The van der Waals surface area contributed by atoms with Gasteiger partial charge in [0.25, 0.3) is 5.91 Å². The Kier molecular flexibility index (Phi) is 4.85. The number of carbonyl (C=O) groups excluding carboxylic acids is 2. The largest absolute Gasteiger partial charge is 0.360 e. The van der Waals surface area contributed by atoms with Crippen LogP contribution in [0.15, 0.2) is 59.6 Å². The Bertz CT molecular complexity index is 1180. The number of sulfonamides is 1. The molecule has 1 aliphatic heterocycles. The minimum absolute atomic E-state index is 0.0259. The van der Waals surface area contributed by atoms with Crippen LogP contribution < -0.4 is 10.5 Å². The molecular formula is C20H20N4O4S. The number of H-pyrrole nitrogens is 1. The molecule has 0 saturated carbocycles. The molecule has 0 radical (unpaired) electrons. The number of primary sulfonamides is 1. The topological polar surface area (TPSA) is 125 Å². The van der Waals surface area contributed by atoms with Crippen molar-refractivity contribution in [1.82, 2.24) is 15.2 Å². The van der Waals surface area contributed by atoms with Gasteiger partial charge in [0.1, 0.15) is 0 Å². The van der Waals surface area contributed by atoms with Gasteiger partial charge >= 0.3 is 0 Å². The van der Waals surface area contributed by atoms with E-state index in [2.05, 4.69) is 10.3 Å². The summed E-state index contributed by atoms with van der Waals surface area (Å²) in [7, 11) is -3.73. The van der Waals surface area contributed by atoms with E-state index in [4.69, 9.17) is 5.14 Å². The zero-order valence-electron chi connectivity index (χ0n) is 15.5. The summed E-state index contributed by atoms with van der Waals surface area (Å²) in [6.07, 6.45) is 1.70. The van der Waals surface area contributed by atoms with Crippen molar-refractivity contribution in [3.8, 4) is 0 Å². The van der Waals surface area contributed by atoms with Gasteiger partial charge in [-0.05, 0) is 23.8 Å². The molecule has 1 aromatic heterocycles. The second kappa shape index (κ2) is 7.34. The van der Waals surface area contributed by atoms with Crippen LogP contribution >= 0.6 is 0 Å². The molecule has 1 saturated heterocycles. The fraction of sp³-hybridized carbons (Fsp3) is 0.200. The second-order valence-electron chi connectivity index (χ2n) is 7.06. The molecule has 29 heavy (non-hydrogen) atoms. The molecular weight excluding hydrogens is 392 g/mol. The highest BCUT2D eigenvalue weighted by Gasteiger charge is 2.36. The van der Waals surface area contributed by atoms with Crippen molar-refractivity contribution in [2.75, 3.05) is 13.1 Å². The standard InChI is InChI=1S/C20H20N4O4S/c21-29(27,28)15-7-5-13(6-8-15)9-23-19(25)14-11-24(12-14)20(26)17-10-22-18-4-2-1-3-16(17)18/h1-8,10,14,22H,9,11-12H2,(H,23,25)(H2,21,27,28). The second-order valence-corrected chi connectivity index (χ2v) is 8.62. The molecule has 0 atom stereocenters. The molecule has 4 N–H and O–H groups in total. The number of aromatic amines is 1. The number of likely N-dealkylation sites (tertiary alicyclic amines) is 1. The van der Waals surface area contributed by atoms with Gasteiger partial charge < -0.3 is 15.2 Å². The third-order valence-electron chi connectivity index (χ3n) is 5.08. The molecule has 0 bridgehead atoms. The number of fused-ring (bicyclic) bond motifs is 1. The first-order chi connectivity index (χ1) is 13.8. The predicted octanol–water partition coefficient (Wildman–Crippen LogP) is 1.20. The van der Waals surface area contributed by atoms with Crippen LogP contribution in [0.1, 0.15) is 15.9 Å². The molecule has 1 fully saturated rings. The first-order valence-electron chi connectivity index (χ1n) is 9.08. The van der Waals surface area contributed by atoms with Crippen LogP contribution in [0.5, 0.6) is 0 Å². The SMILES string of the molecule is NS(=O)(=O)c1ccc(CNC(=O)C2CN(C(=O)c3c[nH]c4ccccc34)C2)cc1. The summed E-state index contributed by atoms with van der Waals surface area (Å²) in [5, 5.41) is 8.75. The summed E-state index contributed by atoms with van der Waals surface area (Å²) >= 11 is 0. The van der Waals surface area contributed by atoms with Gasteiger partial charge in [-0.1, -0.05) is 30.3 Å². The van der Waals surface area contributed by atoms with Gasteiger partial charge in [-0.3, -0.25) is 9.59 Å². The maximum absolute atomic E-state index is 12.7. The van der Waals surface area contributed by atoms with E-state index in [1.54, 1.807) is 23.2 Å². The van der Waals surface area contributed by atoms with Crippen LogP contribution in [-0.2, 0) is 21.4 Å². The number of para-hydroxylation sites is 1. The Morgan fingerprint density at radius 2 is 1.79 bits per heavy atom. The van der Waals surface area contributed by atoms with E-state index in [0.29, 0.717) is 18.7 Å². The smallest absolute Gasteiger partial charge is 0.256 e. The molecule has 2 heterocycles. The number of nitrogens with one attached hydrogen (secondary N) is 2. The molecule has 8 nitrogen and oxygen atoms in total. The van der Waals surface area contributed by atoms with Gasteiger partial charge in [-0.25, -0.2) is 13.6 Å². The highest BCUT2D eigenvalue weighted by atomic mass is 32.2. The lowest BCUT2D eigenvalue weighted by molar-refractivity contribution is -0.129. The van der Waals surface area contributed by atoms with Crippen molar-refractivity contribution in [2.24, 2.45) is 11.1 Å². The third kappa shape index (κ3) is 3.87. The average molecular weight is 412 g/mol. The monoisotopic (exact) mass is 412 g/mol. The lowest BCUT2D eigenvalue weighted by atomic mass is 9.97. The lowest BCUT2D eigenvalue weighted by Crippen LogP contribution is -2.55. The molecule has 150 valence electrons. The Morgan fingerprint density at radius 1 is 1.10 bits per heavy atom. The minimum Gasteiger partial charge on any atom is -0.360 e. The minimum atomic E-state index is -3.73. The third-order valence-corrected chi connectivity index (χ3v) is 6.01. The molecule has 1 aliphatic rings. The van der Waals surface area contributed by atoms with E-state index in [-0.39, 0.29) is 29.2 Å². The summed E-state index contributed by atoms with van der Waals surface area (Å²) in [6, 6.07) is 13.6. The lowest BCUT2D eigenvalue weighted by Gasteiger charge is -2.38. The maximum Gasteiger partial charge on any atom is 0.256 e.